The highest BCUT2D eigenvalue weighted by molar-refractivity contribution is 5.98. The van der Waals surface area contributed by atoms with Gasteiger partial charge in [0, 0.05) is 24.4 Å². The topological polar surface area (TPSA) is 76.0 Å². The Hall–Kier alpha value is -1.85. The van der Waals surface area contributed by atoms with Gasteiger partial charge in [-0.3, -0.25) is 14.3 Å². The maximum absolute atomic E-state index is 11.8. The molecule has 0 spiro atoms. The second kappa shape index (κ2) is 3.83. The third kappa shape index (κ3) is 1.77. The van der Waals surface area contributed by atoms with Crippen molar-refractivity contribution in [3.63, 3.8) is 0 Å². The van der Waals surface area contributed by atoms with E-state index in [0.717, 1.165) is 18.4 Å². The molecule has 1 aliphatic heterocycles. The van der Waals surface area contributed by atoms with Gasteiger partial charge in [0.05, 0.1) is 0 Å². The molecule has 0 saturated heterocycles. The van der Waals surface area contributed by atoms with Gasteiger partial charge in [0.25, 0.3) is 0 Å². The van der Waals surface area contributed by atoms with Crippen molar-refractivity contribution in [1.29, 1.82) is 0 Å². The largest absolute Gasteiger partial charge is 0.310 e. The van der Waals surface area contributed by atoms with Crippen molar-refractivity contribution in [2.24, 2.45) is 18.9 Å². The van der Waals surface area contributed by atoms with E-state index in [1.54, 1.807) is 11.7 Å². The van der Waals surface area contributed by atoms with Crippen LogP contribution >= 0.6 is 0 Å². The summed E-state index contributed by atoms with van der Waals surface area (Å²) in [5.74, 6) is 1.41. The van der Waals surface area contributed by atoms with Crippen molar-refractivity contribution in [3.8, 4) is 0 Å². The van der Waals surface area contributed by atoms with Crippen LogP contribution in [0.15, 0.2) is 0 Å². The van der Waals surface area contributed by atoms with E-state index in [1.165, 1.54) is 0 Å². The normalized spacial score (nSPS) is 22.3. The van der Waals surface area contributed by atoms with Crippen molar-refractivity contribution in [2.75, 3.05) is 10.6 Å². The third-order valence-corrected chi connectivity index (χ3v) is 3.53. The molecule has 6 heteroatoms. The van der Waals surface area contributed by atoms with E-state index in [2.05, 4.69) is 15.7 Å². The molecule has 0 bridgehead atoms. The van der Waals surface area contributed by atoms with Gasteiger partial charge in [-0.15, -0.1) is 0 Å². The highest BCUT2D eigenvalue weighted by Gasteiger charge is 2.33. The average molecular weight is 248 g/mol. The maximum atomic E-state index is 11.8. The number of aryl methyl sites for hydroxylation is 1. The van der Waals surface area contributed by atoms with Crippen molar-refractivity contribution < 1.29 is 9.59 Å². The zero-order chi connectivity index (χ0) is 12.9. The quantitative estimate of drug-likeness (QED) is 0.816. The molecule has 1 aliphatic carbocycles. The minimum atomic E-state index is -0.0849. The Balaban J connectivity index is 1.89. The number of rotatable bonds is 2. The van der Waals surface area contributed by atoms with Crippen LogP contribution in [0.5, 0.6) is 0 Å². The molecule has 2 amide bonds. The van der Waals surface area contributed by atoms with Crippen molar-refractivity contribution >= 4 is 23.5 Å². The Morgan fingerprint density at radius 3 is 2.89 bits per heavy atom. The summed E-state index contributed by atoms with van der Waals surface area (Å²) in [6.45, 7) is 1.87. The lowest BCUT2D eigenvalue weighted by atomic mass is 9.98. The molecule has 18 heavy (non-hydrogen) atoms. The van der Waals surface area contributed by atoms with E-state index in [1.807, 2.05) is 6.92 Å². The first-order valence-corrected chi connectivity index (χ1v) is 6.24. The summed E-state index contributed by atoms with van der Waals surface area (Å²) in [6.07, 6.45) is 2.55. The first-order chi connectivity index (χ1) is 8.56. The summed E-state index contributed by atoms with van der Waals surface area (Å²) < 4.78 is 1.61. The highest BCUT2D eigenvalue weighted by Crippen LogP contribution is 2.34. The Morgan fingerprint density at radius 2 is 2.22 bits per heavy atom. The van der Waals surface area contributed by atoms with Crippen LogP contribution in [0.3, 0.4) is 0 Å². The van der Waals surface area contributed by atoms with Gasteiger partial charge >= 0.3 is 0 Å². The number of nitrogens with zero attached hydrogens (tertiary/aromatic N) is 2. The number of carbonyl (C=O) groups excluding carboxylic acids is 2. The molecule has 1 aromatic rings. The predicted octanol–water partition coefficient (Wildman–Crippen LogP) is 0.899. The first-order valence-electron chi connectivity index (χ1n) is 6.24. The Morgan fingerprint density at radius 1 is 1.50 bits per heavy atom. The Kier molecular flexibility index (Phi) is 2.39. The van der Waals surface area contributed by atoms with Crippen LogP contribution in [0.4, 0.5) is 11.6 Å². The lowest BCUT2D eigenvalue weighted by Gasteiger charge is -2.19. The lowest BCUT2D eigenvalue weighted by molar-refractivity contribution is -0.119. The summed E-state index contributed by atoms with van der Waals surface area (Å²) in [5.41, 5.74) is 0.929. The fourth-order valence-electron chi connectivity index (χ4n) is 2.22. The zero-order valence-electron chi connectivity index (χ0n) is 10.5. The van der Waals surface area contributed by atoms with Gasteiger partial charge in [-0.05, 0) is 19.3 Å². The van der Waals surface area contributed by atoms with Crippen molar-refractivity contribution in [2.45, 2.75) is 26.2 Å². The average Bonchev–Trinajstić information content (AvgIpc) is 3.11. The van der Waals surface area contributed by atoms with E-state index < -0.39 is 0 Å². The molecule has 6 nitrogen and oxygen atoms in total. The second-order valence-corrected chi connectivity index (χ2v) is 5.16. The number of aromatic nitrogens is 2. The van der Waals surface area contributed by atoms with Gasteiger partial charge in [-0.1, -0.05) is 6.92 Å². The van der Waals surface area contributed by atoms with Gasteiger partial charge in [-0.2, -0.15) is 5.10 Å². The number of anilines is 2. The number of hydrogen-bond acceptors (Lipinski definition) is 3. The van der Waals surface area contributed by atoms with Gasteiger partial charge < -0.3 is 10.6 Å². The smallest absolute Gasteiger partial charge is 0.228 e. The van der Waals surface area contributed by atoms with Crippen LogP contribution in [0.1, 0.15) is 25.3 Å². The minimum Gasteiger partial charge on any atom is -0.310 e. The Bertz CT molecular complexity index is 530. The van der Waals surface area contributed by atoms with E-state index in [-0.39, 0.29) is 23.7 Å². The molecule has 2 N–H and O–H groups in total. The SMILES string of the molecule is CC1Cc2c(NC(=O)C3CC3)nn(C)c2NC1=O. The molecule has 2 aliphatic rings. The summed E-state index contributed by atoms with van der Waals surface area (Å²) in [4.78, 5) is 23.4. The highest BCUT2D eigenvalue weighted by atomic mass is 16.2. The molecular weight excluding hydrogens is 232 g/mol. The molecule has 1 fully saturated rings. The number of carbonyl (C=O) groups is 2. The molecule has 1 aromatic heterocycles. The lowest BCUT2D eigenvalue weighted by Crippen LogP contribution is -2.28. The summed E-state index contributed by atoms with van der Waals surface area (Å²) in [5, 5.41) is 9.97. The number of fused-ring (bicyclic) bond motifs is 1. The van der Waals surface area contributed by atoms with Crippen LogP contribution in [0.25, 0.3) is 0 Å². The molecule has 3 rings (SSSR count). The third-order valence-electron chi connectivity index (χ3n) is 3.53. The van der Waals surface area contributed by atoms with Crippen LogP contribution in [0.2, 0.25) is 0 Å². The number of hydrogen-bond donors (Lipinski definition) is 2. The molecule has 1 atom stereocenters. The molecule has 0 radical (unpaired) electrons. The molecular formula is C12H16N4O2. The van der Waals surface area contributed by atoms with Crippen LogP contribution < -0.4 is 10.6 Å². The molecule has 0 aromatic carbocycles. The second-order valence-electron chi connectivity index (χ2n) is 5.16. The van der Waals surface area contributed by atoms with Gasteiger partial charge in [0.1, 0.15) is 5.82 Å². The van der Waals surface area contributed by atoms with Crippen molar-refractivity contribution in [1.82, 2.24) is 9.78 Å². The first kappa shape index (κ1) is 11.3. The summed E-state index contributed by atoms with van der Waals surface area (Å²) >= 11 is 0. The maximum Gasteiger partial charge on any atom is 0.228 e. The van der Waals surface area contributed by atoms with E-state index >= 15 is 0 Å². The summed E-state index contributed by atoms with van der Waals surface area (Å²) in [6, 6.07) is 0. The van der Waals surface area contributed by atoms with Crippen LogP contribution in [0, 0.1) is 11.8 Å². The van der Waals surface area contributed by atoms with Gasteiger partial charge in [0.15, 0.2) is 5.82 Å². The molecule has 2 heterocycles. The molecule has 1 unspecified atom stereocenters. The Labute approximate surface area is 105 Å². The van der Waals surface area contributed by atoms with E-state index in [0.29, 0.717) is 18.1 Å². The fourth-order valence-corrected chi connectivity index (χ4v) is 2.22. The minimum absolute atomic E-state index is 0.00516. The van der Waals surface area contributed by atoms with Crippen LogP contribution in [-0.2, 0) is 23.1 Å². The van der Waals surface area contributed by atoms with E-state index in [9.17, 15) is 9.59 Å². The van der Waals surface area contributed by atoms with Gasteiger partial charge in [0.2, 0.25) is 11.8 Å². The van der Waals surface area contributed by atoms with Crippen LogP contribution in [-0.4, -0.2) is 21.6 Å². The van der Waals surface area contributed by atoms with E-state index in [4.69, 9.17) is 0 Å². The van der Waals surface area contributed by atoms with Crippen molar-refractivity contribution in [3.05, 3.63) is 5.56 Å². The molecule has 96 valence electrons. The molecule has 1 saturated carbocycles. The number of nitrogens with one attached hydrogen (secondary N) is 2. The standard InChI is InChI=1S/C12H16N4O2/c1-6-5-8-9(13-12(18)7-3-4-7)15-16(2)10(8)14-11(6)17/h6-7H,3-5H2,1-2H3,(H,14,17)(H,13,15,18). The number of amides is 2. The predicted molar refractivity (Wildman–Crippen MR) is 66.1 cm³/mol. The monoisotopic (exact) mass is 248 g/mol. The van der Waals surface area contributed by atoms with Gasteiger partial charge in [-0.25, -0.2) is 0 Å². The zero-order valence-corrected chi connectivity index (χ0v) is 10.5. The summed E-state index contributed by atoms with van der Waals surface area (Å²) in [7, 11) is 1.77. The fraction of sp³-hybridized carbons (Fsp3) is 0.583.